The van der Waals surface area contributed by atoms with Gasteiger partial charge in [-0.25, -0.2) is 0 Å². The van der Waals surface area contributed by atoms with E-state index in [1.165, 1.54) is 5.56 Å². The van der Waals surface area contributed by atoms with Crippen LogP contribution in [0.15, 0.2) is 12.1 Å². The molecule has 2 aliphatic carbocycles. The maximum Gasteiger partial charge on any atom is 0.165 e. The second kappa shape index (κ2) is 4.94. The number of likely N-dealkylation sites (N-methyl/N-ethyl adjacent to an activating group) is 1. The highest BCUT2D eigenvalue weighted by molar-refractivity contribution is 5.62. The van der Waals surface area contributed by atoms with E-state index in [9.17, 15) is 10.2 Å². The molecule has 2 aliphatic heterocycles. The number of phenolic OH excluding ortho intramolecular Hbond substituents is 1. The summed E-state index contributed by atoms with van der Waals surface area (Å²) in [5, 5.41) is 26.3. The number of likely N-dealkylation sites (tertiary alicyclic amines) is 1. The Bertz CT molecular complexity index is 773. The van der Waals surface area contributed by atoms with Gasteiger partial charge in [0.15, 0.2) is 11.5 Å². The molecule has 4 aliphatic rings. The van der Waals surface area contributed by atoms with Crippen molar-refractivity contribution in [1.82, 2.24) is 10.2 Å². The number of aromatic hydroxyl groups is 1. The standard InChI is InChI=1S/C21H30N2O3/c1-19(2,3)22-13-7-8-21(25)15-11-12-5-6-14(24)17-16(12)20(21,18(13)26-17)9-10-23(15)4/h5-6,13,15,18,22,24-25H,7-11H2,1-4H3/t13?,15?,18-,20-,21+/m0/s1. The van der Waals surface area contributed by atoms with Crippen LogP contribution < -0.4 is 10.1 Å². The summed E-state index contributed by atoms with van der Waals surface area (Å²) in [5.74, 6) is 0.832. The van der Waals surface area contributed by atoms with Crippen molar-refractivity contribution in [3.05, 3.63) is 23.3 Å². The molecule has 5 heteroatoms. The molecule has 0 radical (unpaired) electrons. The monoisotopic (exact) mass is 358 g/mol. The summed E-state index contributed by atoms with van der Waals surface area (Å²) >= 11 is 0. The van der Waals surface area contributed by atoms with Crippen molar-refractivity contribution in [2.45, 2.75) is 81.2 Å². The number of rotatable bonds is 1. The summed E-state index contributed by atoms with van der Waals surface area (Å²) in [6.45, 7) is 7.47. The topological polar surface area (TPSA) is 65.0 Å². The van der Waals surface area contributed by atoms with Gasteiger partial charge in [-0.3, -0.25) is 0 Å². The van der Waals surface area contributed by atoms with E-state index in [-0.39, 0.29) is 29.5 Å². The minimum atomic E-state index is -0.799. The Balaban J connectivity index is 1.73. The highest BCUT2D eigenvalue weighted by Gasteiger charge is 2.72. The minimum absolute atomic E-state index is 0.0285. The van der Waals surface area contributed by atoms with Gasteiger partial charge >= 0.3 is 0 Å². The first-order valence-electron chi connectivity index (χ1n) is 9.90. The van der Waals surface area contributed by atoms with Crippen LogP contribution in [0.3, 0.4) is 0 Å². The molecule has 5 atom stereocenters. The van der Waals surface area contributed by atoms with Gasteiger partial charge in [-0.1, -0.05) is 6.07 Å². The summed E-state index contributed by atoms with van der Waals surface area (Å²) in [7, 11) is 2.13. The Morgan fingerprint density at radius 3 is 2.77 bits per heavy atom. The largest absolute Gasteiger partial charge is 0.504 e. The second-order valence-corrected chi connectivity index (χ2v) is 9.87. The van der Waals surface area contributed by atoms with Crippen LogP contribution in [-0.2, 0) is 11.8 Å². The van der Waals surface area contributed by atoms with Gasteiger partial charge in [0, 0.05) is 23.2 Å². The molecule has 2 unspecified atom stereocenters. The lowest BCUT2D eigenvalue weighted by atomic mass is 9.48. The smallest absolute Gasteiger partial charge is 0.165 e. The Morgan fingerprint density at radius 2 is 2.04 bits per heavy atom. The van der Waals surface area contributed by atoms with Crippen LogP contribution in [0.2, 0.25) is 0 Å². The zero-order valence-corrected chi connectivity index (χ0v) is 16.2. The molecular weight excluding hydrogens is 328 g/mol. The zero-order valence-electron chi connectivity index (χ0n) is 16.2. The molecule has 1 aromatic rings. The van der Waals surface area contributed by atoms with E-state index in [0.717, 1.165) is 37.8 Å². The number of nitrogens with one attached hydrogen (secondary N) is 1. The van der Waals surface area contributed by atoms with E-state index in [2.05, 4.69) is 38.0 Å². The molecule has 1 aromatic carbocycles. The van der Waals surface area contributed by atoms with Crippen molar-refractivity contribution in [2.75, 3.05) is 13.6 Å². The first-order chi connectivity index (χ1) is 12.2. The zero-order chi connectivity index (χ0) is 18.5. The molecule has 2 fully saturated rings. The quantitative estimate of drug-likeness (QED) is 0.716. The molecule has 1 spiro atoms. The van der Waals surface area contributed by atoms with Crippen molar-refractivity contribution in [1.29, 1.82) is 0 Å². The van der Waals surface area contributed by atoms with E-state index in [1.54, 1.807) is 6.07 Å². The number of phenols is 1. The summed E-state index contributed by atoms with van der Waals surface area (Å²) in [6.07, 6.45) is 3.20. The maximum atomic E-state index is 12.1. The van der Waals surface area contributed by atoms with E-state index in [0.29, 0.717) is 5.75 Å². The van der Waals surface area contributed by atoms with Crippen LogP contribution in [0.4, 0.5) is 0 Å². The third-order valence-electron chi connectivity index (χ3n) is 7.35. The number of hydrogen-bond acceptors (Lipinski definition) is 5. The van der Waals surface area contributed by atoms with Crippen molar-refractivity contribution in [2.24, 2.45) is 0 Å². The van der Waals surface area contributed by atoms with Crippen LogP contribution in [-0.4, -0.2) is 58.0 Å². The average Bonchev–Trinajstić information content (AvgIpc) is 2.90. The summed E-state index contributed by atoms with van der Waals surface area (Å²) in [6, 6.07) is 4.07. The number of benzene rings is 1. The van der Waals surface area contributed by atoms with E-state index in [1.807, 2.05) is 6.07 Å². The second-order valence-electron chi connectivity index (χ2n) is 9.87. The maximum absolute atomic E-state index is 12.1. The van der Waals surface area contributed by atoms with Gasteiger partial charge in [-0.15, -0.1) is 0 Å². The number of ether oxygens (including phenoxy) is 1. The SMILES string of the molecule is CN1CC[C@]23c4c5ccc(O)c4O[C@H]2C(NC(C)(C)C)CC[C@@]3(O)C1C5. The van der Waals surface area contributed by atoms with Gasteiger partial charge < -0.3 is 25.2 Å². The van der Waals surface area contributed by atoms with E-state index < -0.39 is 11.0 Å². The third-order valence-corrected chi connectivity index (χ3v) is 7.35. The van der Waals surface area contributed by atoms with Crippen LogP contribution in [0.5, 0.6) is 11.5 Å². The number of nitrogens with zero attached hydrogens (tertiary/aromatic N) is 1. The third kappa shape index (κ3) is 1.87. The number of aliphatic hydroxyl groups is 1. The lowest BCUT2D eigenvalue weighted by Crippen LogP contribution is -2.78. The Hall–Kier alpha value is -1.30. The Morgan fingerprint density at radius 1 is 1.27 bits per heavy atom. The summed E-state index contributed by atoms with van der Waals surface area (Å²) in [4.78, 5) is 2.33. The fourth-order valence-corrected chi connectivity index (χ4v) is 6.46. The molecule has 5 rings (SSSR count). The average molecular weight is 358 g/mol. The van der Waals surface area contributed by atoms with Crippen molar-refractivity contribution >= 4 is 0 Å². The Labute approximate surface area is 155 Å². The predicted octanol–water partition coefficient (Wildman–Crippen LogP) is 1.93. The first-order valence-corrected chi connectivity index (χ1v) is 9.90. The normalized spacial score (nSPS) is 40.9. The van der Waals surface area contributed by atoms with Crippen LogP contribution in [0.25, 0.3) is 0 Å². The van der Waals surface area contributed by atoms with Gasteiger partial charge in [-0.05, 0) is 71.7 Å². The van der Waals surface area contributed by atoms with Gasteiger partial charge in [0.1, 0.15) is 6.10 Å². The van der Waals surface area contributed by atoms with Crippen LogP contribution in [0, 0.1) is 0 Å². The highest BCUT2D eigenvalue weighted by atomic mass is 16.5. The van der Waals surface area contributed by atoms with Crippen LogP contribution in [0.1, 0.15) is 51.2 Å². The summed E-state index contributed by atoms with van der Waals surface area (Å²) < 4.78 is 6.48. The Kier molecular flexibility index (Phi) is 3.20. The molecule has 2 heterocycles. The van der Waals surface area contributed by atoms with Gasteiger partial charge in [0.25, 0.3) is 0 Å². The molecule has 1 saturated heterocycles. The van der Waals surface area contributed by atoms with Crippen molar-refractivity contribution in [3.63, 3.8) is 0 Å². The lowest BCUT2D eigenvalue weighted by Gasteiger charge is -2.64. The molecule has 0 aromatic heterocycles. The van der Waals surface area contributed by atoms with Gasteiger partial charge in [-0.2, -0.15) is 0 Å². The fourth-order valence-electron chi connectivity index (χ4n) is 6.46. The molecule has 0 amide bonds. The van der Waals surface area contributed by atoms with Gasteiger partial charge in [0.05, 0.1) is 11.0 Å². The number of piperidine rings is 1. The summed E-state index contributed by atoms with van der Waals surface area (Å²) in [5.41, 5.74) is 1.08. The molecule has 5 nitrogen and oxygen atoms in total. The molecule has 2 bridgehead atoms. The minimum Gasteiger partial charge on any atom is -0.504 e. The van der Waals surface area contributed by atoms with Crippen LogP contribution >= 0.6 is 0 Å². The van der Waals surface area contributed by atoms with E-state index in [4.69, 9.17) is 4.74 Å². The number of hydrogen-bond donors (Lipinski definition) is 3. The lowest BCUT2D eigenvalue weighted by molar-refractivity contribution is -0.188. The van der Waals surface area contributed by atoms with Gasteiger partial charge in [0.2, 0.25) is 0 Å². The highest BCUT2D eigenvalue weighted by Crippen LogP contribution is 2.65. The van der Waals surface area contributed by atoms with Crippen molar-refractivity contribution in [3.8, 4) is 11.5 Å². The predicted molar refractivity (Wildman–Crippen MR) is 99.8 cm³/mol. The molecule has 3 N–H and O–H groups in total. The molecule has 26 heavy (non-hydrogen) atoms. The first kappa shape index (κ1) is 16.8. The van der Waals surface area contributed by atoms with Crippen molar-refractivity contribution < 1.29 is 14.9 Å². The molecule has 142 valence electrons. The van der Waals surface area contributed by atoms with E-state index >= 15 is 0 Å². The molecular formula is C21H30N2O3. The fraction of sp³-hybridized carbons (Fsp3) is 0.714. The molecule has 1 saturated carbocycles.